The van der Waals surface area contributed by atoms with Gasteiger partial charge in [-0.25, -0.2) is 13.2 Å². The summed E-state index contributed by atoms with van der Waals surface area (Å²) >= 11 is 12.6. The van der Waals surface area contributed by atoms with E-state index in [0.717, 1.165) is 11.1 Å². The SMILES string of the molecule is CC[C@@H](CS(=O)(=O)C(C)(C)C)N1C(=O)[C@@H](CNC(=O)N(CC)CC)O[C@H](c2cccc(Cl)c2)[C@H]1c1ccc(Cl)cc1. The topological polar surface area (TPSA) is 96.0 Å². The van der Waals surface area contributed by atoms with Gasteiger partial charge in [0.25, 0.3) is 5.91 Å². The molecule has 8 nitrogen and oxygen atoms in total. The van der Waals surface area contributed by atoms with Crippen LogP contribution in [-0.4, -0.2) is 72.4 Å². The van der Waals surface area contributed by atoms with Gasteiger partial charge in [0.15, 0.2) is 15.9 Å². The normalized spacial score (nSPS) is 20.5. The summed E-state index contributed by atoms with van der Waals surface area (Å²) in [6, 6.07) is 12.7. The number of ether oxygens (including phenoxy) is 1. The second-order valence-corrected chi connectivity index (χ2v) is 14.8. The number of sulfone groups is 1. The Morgan fingerprint density at radius 1 is 1.02 bits per heavy atom. The van der Waals surface area contributed by atoms with Crippen molar-refractivity contribution in [1.29, 1.82) is 0 Å². The predicted octanol–water partition coefficient (Wildman–Crippen LogP) is 6.05. The lowest BCUT2D eigenvalue weighted by Gasteiger charge is -2.48. The van der Waals surface area contributed by atoms with E-state index in [9.17, 15) is 18.0 Å². The monoisotopic (exact) mass is 625 g/mol. The minimum Gasteiger partial charge on any atom is -0.356 e. The Balaban J connectivity index is 2.15. The second kappa shape index (κ2) is 13.8. The first-order chi connectivity index (χ1) is 19.2. The summed E-state index contributed by atoms with van der Waals surface area (Å²) < 4.78 is 32.3. The molecule has 0 bridgehead atoms. The zero-order valence-corrected chi connectivity index (χ0v) is 26.9. The molecule has 0 aromatic heterocycles. The Labute approximate surface area is 254 Å². The van der Waals surface area contributed by atoms with Crippen LogP contribution in [0.15, 0.2) is 48.5 Å². The highest BCUT2D eigenvalue weighted by Gasteiger charge is 2.48. The van der Waals surface area contributed by atoms with E-state index in [1.807, 2.05) is 39.0 Å². The zero-order valence-electron chi connectivity index (χ0n) is 24.6. The average Bonchev–Trinajstić information content (AvgIpc) is 2.91. The molecule has 0 unspecified atom stereocenters. The van der Waals surface area contributed by atoms with E-state index < -0.39 is 38.9 Å². The van der Waals surface area contributed by atoms with Crippen LogP contribution in [0, 0.1) is 0 Å². The Morgan fingerprint density at radius 2 is 1.66 bits per heavy atom. The third-order valence-corrected chi connectivity index (χ3v) is 10.7. The Bertz CT molecular complexity index is 1310. The van der Waals surface area contributed by atoms with Crippen LogP contribution >= 0.6 is 23.2 Å². The highest BCUT2D eigenvalue weighted by Crippen LogP contribution is 2.44. The number of nitrogens with zero attached hydrogens (tertiary/aromatic N) is 2. The smallest absolute Gasteiger partial charge is 0.317 e. The molecule has 1 fully saturated rings. The largest absolute Gasteiger partial charge is 0.356 e. The van der Waals surface area contributed by atoms with Crippen LogP contribution < -0.4 is 5.32 Å². The average molecular weight is 627 g/mol. The molecule has 1 heterocycles. The fraction of sp³-hybridized carbons (Fsp3) is 0.533. The lowest BCUT2D eigenvalue weighted by molar-refractivity contribution is -0.177. The highest BCUT2D eigenvalue weighted by atomic mass is 35.5. The van der Waals surface area contributed by atoms with Crippen LogP contribution in [0.2, 0.25) is 10.0 Å². The molecule has 11 heteroatoms. The maximum atomic E-state index is 14.3. The van der Waals surface area contributed by atoms with Gasteiger partial charge in [-0.1, -0.05) is 54.4 Å². The van der Waals surface area contributed by atoms with E-state index >= 15 is 0 Å². The minimum atomic E-state index is -3.60. The number of carbonyl (C=O) groups excluding carboxylic acids is 2. The van der Waals surface area contributed by atoms with Crippen molar-refractivity contribution >= 4 is 45.0 Å². The van der Waals surface area contributed by atoms with Gasteiger partial charge in [0.1, 0.15) is 6.10 Å². The van der Waals surface area contributed by atoms with Gasteiger partial charge in [0.2, 0.25) is 0 Å². The van der Waals surface area contributed by atoms with Crippen LogP contribution in [0.3, 0.4) is 0 Å². The number of amides is 3. The molecule has 0 radical (unpaired) electrons. The number of hydrogen-bond acceptors (Lipinski definition) is 5. The molecule has 1 aliphatic heterocycles. The minimum absolute atomic E-state index is 0.0719. The van der Waals surface area contributed by atoms with E-state index in [2.05, 4.69) is 5.32 Å². The molecule has 3 rings (SSSR count). The Hall–Kier alpha value is -2.33. The Morgan fingerprint density at radius 3 is 2.20 bits per heavy atom. The number of morpholine rings is 1. The first kappa shape index (κ1) is 33.2. The Kier molecular flexibility index (Phi) is 11.1. The number of hydrogen-bond donors (Lipinski definition) is 1. The molecule has 0 aliphatic carbocycles. The molecule has 2 aromatic rings. The molecular weight excluding hydrogens is 585 g/mol. The number of halogens is 2. The van der Waals surface area contributed by atoms with Gasteiger partial charge in [0.05, 0.1) is 23.1 Å². The standard InChI is InChI=1S/C30H41Cl2N3O5S/c1-7-24(19-41(38,39)30(4,5)6)35-26(20-13-15-22(31)16-14-20)27(21-11-10-12-23(32)17-21)40-25(28(35)36)18-33-29(37)34(8-2)9-3/h10-17,24-27H,7-9,18-19H2,1-6H3,(H,33,37)/t24-,25+,26+,27+/m0/s1. The number of urea groups is 1. The molecule has 0 saturated carbocycles. The summed E-state index contributed by atoms with van der Waals surface area (Å²) in [5.74, 6) is -0.608. The highest BCUT2D eigenvalue weighted by molar-refractivity contribution is 7.92. The molecule has 1 saturated heterocycles. The number of benzene rings is 2. The molecule has 1 aliphatic rings. The van der Waals surface area contributed by atoms with Crippen molar-refractivity contribution in [2.75, 3.05) is 25.4 Å². The molecule has 0 spiro atoms. The lowest BCUT2D eigenvalue weighted by atomic mass is 9.90. The molecule has 4 atom stereocenters. The summed E-state index contributed by atoms with van der Waals surface area (Å²) in [5, 5.41) is 3.86. The van der Waals surface area contributed by atoms with Crippen LogP contribution in [-0.2, 0) is 19.4 Å². The van der Waals surface area contributed by atoms with E-state index in [1.54, 1.807) is 60.9 Å². The van der Waals surface area contributed by atoms with Crippen LogP contribution in [0.1, 0.15) is 71.2 Å². The molecule has 2 aromatic carbocycles. The summed E-state index contributed by atoms with van der Waals surface area (Å²) in [4.78, 5) is 30.3. The number of rotatable bonds is 10. The quantitative estimate of drug-likeness (QED) is 0.347. The van der Waals surface area contributed by atoms with Crippen LogP contribution in [0.25, 0.3) is 0 Å². The molecule has 3 amide bonds. The summed E-state index contributed by atoms with van der Waals surface area (Å²) in [7, 11) is -3.60. The first-order valence-electron chi connectivity index (χ1n) is 14.0. The van der Waals surface area contributed by atoms with Gasteiger partial charge in [-0.2, -0.15) is 0 Å². The third-order valence-electron chi connectivity index (χ3n) is 7.51. The number of nitrogens with one attached hydrogen (secondary N) is 1. The van der Waals surface area contributed by atoms with Crippen LogP contribution in [0.5, 0.6) is 0 Å². The van der Waals surface area contributed by atoms with Crippen molar-refractivity contribution in [3.8, 4) is 0 Å². The molecule has 226 valence electrons. The summed E-state index contributed by atoms with van der Waals surface area (Å²) in [5.41, 5.74) is 1.47. The molecular formula is C30H41Cl2N3O5S. The van der Waals surface area contributed by atoms with Gasteiger partial charge in [-0.3, -0.25) is 4.79 Å². The summed E-state index contributed by atoms with van der Waals surface area (Å²) in [6.45, 7) is 11.6. The van der Waals surface area contributed by atoms with Crippen molar-refractivity contribution < 1.29 is 22.7 Å². The third kappa shape index (κ3) is 7.74. The predicted molar refractivity (Wildman–Crippen MR) is 164 cm³/mol. The van der Waals surface area contributed by atoms with E-state index in [0.29, 0.717) is 29.6 Å². The fourth-order valence-electron chi connectivity index (χ4n) is 4.94. The fourth-order valence-corrected chi connectivity index (χ4v) is 6.67. The van der Waals surface area contributed by atoms with Gasteiger partial charge in [-0.15, -0.1) is 0 Å². The van der Waals surface area contributed by atoms with Gasteiger partial charge in [-0.05, 0) is 76.4 Å². The van der Waals surface area contributed by atoms with Crippen molar-refractivity contribution in [1.82, 2.24) is 15.1 Å². The van der Waals surface area contributed by atoms with Crippen LogP contribution in [0.4, 0.5) is 4.79 Å². The molecule has 41 heavy (non-hydrogen) atoms. The second-order valence-electron chi connectivity index (χ2n) is 11.2. The van der Waals surface area contributed by atoms with Gasteiger partial charge < -0.3 is 19.9 Å². The summed E-state index contributed by atoms with van der Waals surface area (Å²) in [6.07, 6.45) is -1.35. The van der Waals surface area contributed by atoms with Crippen molar-refractivity contribution in [2.45, 2.75) is 77.0 Å². The van der Waals surface area contributed by atoms with Crippen molar-refractivity contribution in [3.63, 3.8) is 0 Å². The van der Waals surface area contributed by atoms with Gasteiger partial charge >= 0.3 is 6.03 Å². The van der Waals surface area contributed by atoms with E-state index in [-0.39, 0.29) is 24.2 Å². The van der Waals surface area contributed by atoms with Crippen molar-refractivity contribution in [2.24, 2.45) is 0 Å². The lowest BCUT2D eigenvalue weighted by Crippen LogP contribution is -2.59. The zero-order chi connectivity index (χ0) is 30.5. The van der Waals surface area contributed by atoms with E-state index in [1.165, 1.54) is 0 Å². The van der Waals surface area contributed by atoms with Gasteiger partial charge in [0, 0.05) is 29.2 Å². The van der Waals surface area contributed by atoms with Crippen molar-refractivity contribution in [3.05, 3.63) is 69.7 Å². The first-order valence-corrected chi connectivity index (χ1v) is 16.4. The van der Waals surface area contributed by atoms with E-state index in [4.69, 9.17) is 27.9 Å². The number of carbonyl (C=O) groups is 2. The maximum Gasteiger partial charge on any atom is 0.317 e. The molecule has 1 N–H and O–H groups in total. The maximum absolute atomic E-state index is 14.3.